The van der Waals surface area contributed by atoms with E-state index in [4.69, 9.17) is 16.3 Å². The molecule has 5 nitrogen and oxygen atoms in total. The predicted molar refractivity (Wildman–Crippen MR) is 74.8 cm³/mol. The lowest BCUT2D eigenvalue weighted by molar-refractivity contribution is 0.139. The number of halogens is 1. The first-order valence-electron chi connectivity index (χ1n) is 6.80. The summed E-state index contributed by atoms with van der Waals surface area (Å²) in [6, 6.07) is 2.46. The van der Waals surface area contributed by atoms with Gasteiger partial charge in [0.2, 0.25) is 0 Å². The van der Waals surface area contributed by atoms with Gasteiger partial charge in [0.05, 0.1) is 6.61 Å². The van der Waals surface area contributed by atoms with Gasteiger partial charge in [0, 0.05) is 44.9 Å². The van der Waals surface area contributed by atoms with Crippen molar-refractivity contribution >= 4 is 17.4 Å². The van der Waals surface area contributed by atoms with Crippen LogP contribution in [0.15, 0.2) is 6.07 Å². The van der Waals surface area contributed by atoms with Crippen molar-refractivity contribution in [3.05, 3.63) is 17.0 Å². The molecule has 0 aromatic carbocycles. The quantitative estimate of drug-likeness (QED) is 0.766. The van der Waals surface area contributed by atoms with E-state index in [1.165, 1.54) is 6.42 Å². The van der Waals surface area contributed by atoms with Gasteiger partial charge in [-0.3, -0.25) is 4.90 Å². The minimum Gasteiger partial charge on any atom is -0.380 e. The van der Waals surface area contributed by atoms with Gasteiger partial charge in [-0.2, -0.15) is 0 Å². The molecule has 3 rings (SSSR count). The summed E-state index contributed by atoms with van der Waals surface area (Å²) in [5.74, 6) is 1.67. The summed E-state index contributed by atoms with van der Waals surface area (Å²) in [5, 5.41) is 0.522. The highest BCUT2D eigenvalue weighted by molar-refractivity contribution is 6.29. The number of aryl methyl sites for hydroxylation is 1. The van der Waals surface area contributed by atoms with Gasteiger partial charge < -0.3 is 9.64 Å². The molecule has 0 N–H and O–H groups in total. The lowest BCUT2D eigenvalue weighted by atomic mass is 10.2. The van der Waals surface area contributed by atoms with E-state index in [-0.39, 0.29) is 0 Å². The van der Waals surface area contributed by atoms with Crippen LogP contribution in [-0.4, -0.2) is 60.3 Å². The van der Waals surface area contributed by atoms with E-state index in [1.54, 1.807) is 0 Å². The van der Waals surface area contributed by atoms with Crippen LogP contribution in [0.1, 0.15) is 12.2 Å². The normalized spacial score (nSPS) is 24.9. The number of nitrogens with zero attached hydrogens (tertiary/aromatic N) is 4. The van der Waals surface area contributed by atoms with E-state index in [1.807, 2.05) is 13.0 Å². The molecule has 0 amide bonds. The summed E-state index contributed by atoms with van der Waals surface area (Å²) >= 11 is 6.00. The summed E-state index contributed by atoms with van der Waals surface area (Å²) in [4.78, 5) is 13.4. The molecule has 6 heteroatoms. The van der Waals surface area contributed by atoms with Crippen LogP contribution in [-0.2, 0) is 4.74 Å². The van der Waals surface area contributed by atoms with Gasteiger partial charge in [-0.15, -0.1) is 0 Å². The molecule has 0 spiro atoms. The maximum Gasteiger partial charge on any atom is 0.134 e. The Morgan fingerprint density at radius 3 is 2.68 bits per heavy atom. The number of hydrogen-bond acceptors (Lipinski definition) is 5. The van der Waals surface area contributed by atoms with Crippen molar-refractivity contribution in [2.24, 2.45) is 0 Å². The van der Waals surface area contributed by atoms with Gasteiger partial charge in [0.25, 0.3) is 0 Å². The Hall–Kier alpha value is -0.910. The van der Waals surface area contributed by atoms with Crippen LogP contribution in [0.3, 0.4) is 0 Å². The van der Waals surface area contributed by atoms with E-state index in [0.717, 1.165) is 51.0 Å². The number of aromatic nitrogens is 2. The summed E-state index contributed by atoms with van der Waals surface area (Å²) < 4.78 is 5.46. The second-order valence-corrected chi connectivity index (χ2v) is 5.52. The average molecular weight is 283 g/mol. The van der Waals surface area contributed by atoms with Crippen molar-refractivity contribution in [3.8, 4) is 0 Å². The molecule has 0 bridgehead atoms. The fraction of sp³-hybridized carbons (Fsp3) is 0.692. The maximum absolute atomic E-state index is 6.00. The Morgan fingerprint density at radius 1 is 1.26 bits per heavy atom. The molecule has 2 aliphatic heterocycles. The third-order valence-corrected chi connectivity index (χ3v) is 4.05. The lowest BCUT2D eigenvalue weighted by Gasteiger charge is -2.38. The molecule has 2 aliphatic rings. The molecule has 1 aromatic rings. The molecule has 0 radical (unpaired) electrons. The smallest absolute Gasteiger partial charge is 0.134 e. The van der Waals surface area contributed by atoms with Gasteiger partial charge in [0.15, 0.2) is 0 Å². The van der Waals surface area contributed by atoms with Crippen molar-refractivity contribution in [1.29, 1.82) is 0 Å². The van der Waals surface area contributed by atoms with Gasteiger partial charge in [-0.25, -0.2) is 9.97 Å². The zero-order valence-electron chi connectivity index (χ0n) is 11.2. The Balaban J connectivity index is 1.63. The predicted octanol–water partition coefficient (Wildman–Crippen LogP) is 1.35. The molecule has 1 aromatic heterocycles. The van der Waals surface area contributed by atoms with Crippen LogP contribution >= 0.6 is 11.6 Å². The minimum absolute atomic E-state index is 0.522. The van der Waals surface area contributed by atoms with Crippen LogP contribution in [0.4, 0.5) is 5.82 Å². The van der Waals surface area contributed by atoms with E-state index in [0.29, 0.717) is 11.2 Å². The van der Waals surface area contributed by atoms with E-state index in [2.05, 4.69) is 19.8 Å². The summed E-state index contributed by atoms with van der Waals surface area (Å²) in [6.45, 7) is 7.78. The second-order valence-electron chi connectivity index (χ2n) is 5.14. The van der Waals surface area contributed by atoms with E-state index >= 15 is 0 Å². The molecule has 0 unspecified atom stereocenters. The van der Waals surface area contributed by atoms with Crippen LogP contribution in [0, 0.1) is 6.92 Å². The highest BCUT2D eigenvalue weighted by Crippen LogP contribution is 2.20. The van der Waals surface area contributed by atoms with Crippen LogP contribution < -0.4 is 4.90 Å². The van der Waals surface area contributed by atoms with Gasteiger partial charge in [-0.1, -0.05) is 11.6 Å². The first kappa shape index (κ1) is 13.1. The Labute approximate surface area is 118 Å². The summed E-state index contributed by atoms with van der Waals surface area (Å²) in [6.07, 6.45) is 1.17. The van der Waals surface area contributed by atoms with Crippen LogP contribution in [0.25, 0.3) is 0 Å². The Bertz CT molecular complexity index is 422. The monoisotopic (exact) mass is 282 g/mol. The molecular formula is C13H19ClN4O. The van der Waals surface area contributed by atoms with Gasteiger partial charge >= 0.3 is 0 Å². The van der Waals surface area contributed by atoms with Crippen molar-refractivity contribution in [2.45, 2.75) is 19.4 Å². The van der Waals surface area contributed by atoms with E-state index in [9.17, 15) is 0 Å². The standard InChI is InChI=1S/C13H19ClN4O/c1-10-15-12(14)8-13(16-10)18-5-3-17(4-6-18)11-2-7-19-9-11/h8,11H,2-7,9H2,1H3/t11-/m1/s1. The van der Waals surface area contributed by atoms with Crippen molar-refractivity contribution in [3.63, 3.8) is 0 Å². The van der Waals surface area contributed by atoms with Crippen molar-refractivity contribution < 1.29 is 4.74 Å². The summed E-state index contributed by atoms with van der Waals surface area (Å²) in [5.41, 5.74) is 0. The third-order valence-electron chi connectivity index (χ3n) is 3.85. The number of anilines is 1. The highest BCUT2D eigenvalue weighted by atomic mass is 35.5. The first-order valence-corrected chi connectivity index (χ1v) is 7.18. The fourth-order valence-corrected chi connectivity index (χ4v) is 3.02. The molecule has 2 fully saturated rings. The minimum atomic E-state index is 0.522. The number of hydrogen-bond donors (Lipinski definition) is 0. The third kappa shape index (κ3) is 2.99. The number of piperazine rings is 1. The molecule has 0 saturated carbocycles. The molecular weight excluding hydrogens is 264 g/mol. The fourth-order valence-electron chi connectivity index (χ4n) is 2.80. The summed E-state index contributed by atoms with van der Waals surface area (Å²) in [7, 11) is 0. The van der Waals surface area contributed by atoms with Crippen LogP contribution in [0.5, 0.6) is 0 Å². The number of rotatable bonds is 2. The first-order chi connectivity index (χ1) is 9.22. The maximum atomic E-state index is 6.00. The molecule has 19 heavy (non-hydrogen) atoms. The van der Waals surface area contributed by atoms with Crippen molar-refractivity contribution in [2.75, 3.05) is 44.3 Å². The molecule has 2 saturated heterocycles. The Morgan fingerprint density at radius 2 is 2.05 bits per heavy atom. The van der Waals surface area contributed by atoms with Gasteiger partial charge in [-0.05, 0) is 13.3 Å². The topological polar surface area (TPSA) is 41.5 Å². The van der Waals surface area contributed by atoms with Gasteiger partial charge in [0.1, 0.15) is 16.8 Å². The molecule has 1 atom stereocenters. The van der Waals surface area contributed by atoms with Crippen molar-refractivity contribution in [1.82, 2.24) is 14.9 Å². The van der Waals surface area contributed by atoms with E-state index < -0.39 is 0 Å². The lowest BCUT2D eigenvalue weighted by Crippen LogP contribution is -2.50. The highest BCUT2D eigenvalue weighted by Gasteiger charge is 2.27. The molecule has 3 heterocycles. The largest absolute Gasteiger partial charge is 0.380 e. The Kier molecular flexibility index (Phi) is 3.86. The second kappa shape index (κ2) is 5.61. The molecule has 0 aliphatic carbocycles. The SMILES string of the molecule is Cc1nc(Cl)cc(N2CCN([C@@H]3CCOC3)CC2)n1. The zero-order valence-corrected chi connectivity index (χ0v) is 11.9. The average Bonchev–Trinajstić information content (AvgIpc) is 2.91. The van der Waals surface area contributed by atoms with Crippen LogP contribution in [0.2, 0.25) is 5.15 Å². The zero-order chi connectivity index (χ0) is 13.2. The number of ether oxygens (including phenoxy) is 1. The molecule has 104 valence electrons.